The van der Waals surface area contributed by atoms with E-state index in [9.17, 15) is 0 Å². The van der Waals surface area contributed by atoms with Crippen LogP contribution < -0.4 is 5.73 Å². The van der Waals surface area contributed by atoms with Gasteiger partial charge in [0.2, 0.25) is 0 Å². The van der Waals surface area contributed by atoms with Gasteiger partial charge in [0.15, 0.2) is 0 Å². The smallest absolute Gasteiger partial charge is 0.0669 e. The quantitative estimate of drug-likeness (QED) is 0.734. The van der Waals surface area contributed by atoms with Gasteiger partial charge in [-0.15, -0.1) is 6.58 Å². The highest BCUT2D eigenvalue weighted by molar-refractivity contribution is 5.27. The molecule has 1 aromatic rings. The van der Waals surface area contributed by atoms with Crippen molar-refractivity contribution in [3.63, 3.8) is 0 Å². The SMILES string of the molecule is C=CC[C@H](N)c1cccc(CC#N)c1. The van der Waals surface area contributed by atoms with Crippen LogP contribution in [0.5, 0.6) is 0 Å². The molecule has 1 atom stereocenters. The monoisotopic (exact) mass is 186 g/mol. The summed E-state index contributed by atoms with van der Waals surface area (Å²) < 4.78 is 0. The fraction of sp³-hybridized carbons (Fsp3) is 0.250. The van der Waals surface area contributed by atoms with Crippen LogP contribution in [-0.4, -0.2) is 0 Å². The van der Waals surface area contributed by atoms with Crippen LogP contribution in [0.2, 0.25) is 0 Å². The van der Waals surface area contributed by atoms with Crippen molar-refractivity contribution >= 4 is 0 Å². The molecule has 0 aromatic heterocycles. The van der Waals surface area contributed by atoms with Gasteiger partial charge in [-0.2, -0.15) is 5.26 Å². The third kappa shape index (κ3) is 2.72. The third-order valence-corrected chi connectivity index (χ3v) is 2.08. The van der Waals surface area contributed by atoms with E-state index in [0.717, 1.165) is 17.5 Å². The molecule has 0 amide bonds. The van der Waals surface area contributed by atoms with Crippen LogP contribution in [0.25, 0.3) is 0 Å². The van der Waals surface area contributed by atoms with Crippen LogP contribution in [0.15, 0.2) is 36.9 Å². The molecule has 14 heavy (non-hydrogen) atoms. The van der Waals surface area contributed by atoms with Crippen molar-refractivity contribution in [3.8, 4) is 6.07 Å². The first-order valence-electron chi connectivity index (χ1n) is 4.60. The van der Waals surface area contributed by atoms with Crippen LogP contribution in [0.4, 0.5) is 0 Å². The number of nitrogens with zero attached hydrogens (tertiary/aromatic N) is 1. The number of hydrogen-bond donors (Lipinski definition) is 1. The normalized spacial score (nSPS) is 11.7. The third-order valence-electron chi connectivity index (χ3n) is 2.08. The fourth-order valence-electron chi connectivity index (χ4n) is 1.34. The molecular formula is C12H14N2. The standard InChI is InChI=1S/C12H14N2/c1-2-4-12(14)11-6-3-5-10(9-11)7-8-13/h2-3,5-6,9,12H,1,4,7,14H2/t12-/m0/s1. The van der Waals surface area contributed by atoms with E-state index in [0.29, 0.717) is 6.42 Å². The van der Waals surface area contributed by atoms with E-state index in [2.05, 4.69) is 12.6 Å². The number of nitriles is 1. The molecule has 1 aromatic carbocycles. The van der Waals surface area contributed by atoms with Crippen LogP contribution in [0.3, 0.4) is 0 Å². The molecule has 0 saturated heterocycles. The Labute approximate surface area is 84.7 Å². The van der Waals surface area contributed by atoms with Crippen molar-refractivity contribution in [2.75, 3.05) is 0 Å². The van der Waals surface area contributed by atoms with Crippen molar-refractivity contribution in [1.29, 1.82) is 5.26 Å². The average molecular weight is 186 g/mol. The lowest BCUT2D eigenvalue weighted by molar-refractivity contribution is 0.740. The summed E-state index contributed by atoms with van der Waals surface area (Å²) in [7, 11) is 0. The lowest BCUT2D eigenvalue weighted by atomic mass is 10.0. The number of nitrogens with two attached hydrogens (primary N) is 1. The Morgan fingerprint density at radius 3 is 3.00 bits per heavy atom. The molecule has 0 fully saturated rings. The van der Waals surface area contributed by atoms with Gasteiger partial charge in [-0.3, -0.25) is 0 Å². The van der Waals surface area contributed by atoms with E-state index in [4.69, 9.17) is 11.0 Å². The van der Waals surface area contributed by atoms with Gasteiger partial charge in [0.1, 0.15) is 0 Å². The molecule has 0 radical (unpaired) electrons. The minimum Gasteiger partial charge on any atom is -0.324 e. The molecular weight excluding hydrogens is 172 g/mol. The van der Waals surface area contributed by atoms with Crippen LogP contribution >= 0.6 is 0 Å². The molecule has 0 aliphatic rings. The highest BCUT2D eigenvalue weighted by Crippen LogP contribution is 2.15. The Kier molecular flexibility index (Phi) is 3.90. The molecule has 0 aliphatic heterocycles. The molecule has 1 rings (SSSR count). The summed E-state index contributed by atoms with van der Waals surface area (Å²) in [4.78, 5) is 0. The second-order valence-electron chi connectivity index (χ2n) is 3.21. The van der Waals surface area contributed by atoms with E-state index in [-0.39, 0.29) is 6.04 Å². The molecule has 0 heterocycles. The predicted molar refractivity (Wildman–Crippen MR) is 57.5 cm³/mol. The molecule has 72 valence electrons. The summed E-state index contributed by atoms with van der Waals surface area (Å²) in [6.07, 6.45) is 3.01. The molecule has 0 bridgehead atoms. The lowest BCUT2D eigenvalue weighted by Gasteiger charge is -2.09. The highest BCUT2D eigenvalue weighted by atomic mass is 14.6. The zero-order valence-corrected chi connectivity index (χ0v) is 8.11. The molecule has 2 N–H and O–H groups in total. The maximum atomic E-state index is 8.56. The second kappa shape index (κ2) is 5.21. The van der Waals surface area contributed by atoms with E-state index >= 15 is 0 Å². The van der Waals surface area contributed by atoms with Crippen molar-refractivity contribution in [2.24, 2.45) is 5.73 Å². The van der Waals surface area contributed by atoms with Crippen LogP contribution in [0, 0.1) is 11.3 Å². The topological polar surface area (TPSA) is 49.8 Å². The summed E-state index contributed by atoms with van der Waals surface area (Å²) in [5.74, 6) is 0. The van der Waals surface area contributed by atoms with Gasteiger partial charge in [0.05, 0.1) is 12.5 Å². The first-order chi connectivity index (χ1) is 6.77. The van der Waals surface area contributed by atoms with Crippen molar-refractivity contribution in [3.05, 3.63) is 48.0 Å². The van der Waals surface area contributed by atoms with Crippen molar-refractivity contribution < 1.29 is 0 Å². The molecule has 2 nitrogen and oxygen atoms in total. The number of rotatable bonds is 4. The van der Waals surface area contributed by atoms with E-state index in [1.807, 2.05) is 30.3 Å². The number of benzene rings is 1. The molecule has 0 aliphatic carbocycles. The molecule has 0 unspecified atom stereocenters. The second-order valence-corrected chi connectivity index (χ2v) is 3.21. The zero-order chi connectivity index (χ0) is 10.4. The lowest BCUT2D eigenvalue weighted by Crippen LogP contribution is -2.09. The fourth-order valence-corrected chi connectivity index (χ4v) is 1.34. The minimum absolute atomic E-state index is 0.00820. The highest BCUT2D eigenvalue weighted by Gasteiger charge is 2.03. The van der Waals surface area contributed by atoms with E-state index < -0.39 is 0 Å². The van der Waals surface area contributed by atoms with Crippen molar-refractivity contribution in [2.45, 2.75) is 18.9 Å². The van der Waals surface area contributed by atoms with E-state index in [1.54, 1.807) is 0 Å². The average Bonchev–Trinajstić information content (AvgIpc) is 2.19. The summed E-state index contributed by atoms with van der Waals surface area (Å²) in [5.41, 5.74) is 8.00. The van der Waals surface area contributed by atoms with Gasteiger partial charge in [-0.05, 0) is 17.5 Å². The summed E-state index contributed by atoms with van der Waals surface area (Å²) in [5, 5.41) is 8.56. The van der Waals surface area contributed by atoms with Gasteiger partial charge < -0.3 is 5.73 Å². The Balaban J connectivity index is 2.82. The maximum Gasteiger partial charge on any atom is 0.0669 e. The Morgan fingerprint density at radius 1 is 1.57 bits per heavy atom. The van der Waals surface area contributed by atoms with Crippen molar-refractivity contribution in [1.82, 2.24) is 0 Å². The summed E-state index contributed by atoms with van der Waals surface area (Å²) in [6, 6.07) is 9.95. The van der Waals surface area contributed by atoms with Crippen LogP contribution in [0.1, 0.15) is 23.6 Å². The first-order valence-corrected chi connectivity index (χ1v) is 4.60. The minimum atomic E-state index is -0.00820. The molecule has 0 saturated carbocycles. The Hall–Kier alpha value is -1.59. The van der Waals surface area contributed by atoms with Crippen LogP contribution in [-0.2, 0) is 6.42 Å². The maximum absolute atomic E-state index is 8.56. The van der Waals surface area contributed by atoms with Gasteiger partial charge in [0, 0.05) is 6.04 Å². The van der Waals surface area contributed by atoms with Gasteiger partial charge in [0.25, 0.3) is 0 Å². The van der Waals surface area contributed by atoms with Gasteiger partial charge in [-0.1, -0.05) is 30.3 Å². The Morgan fingerprint density at radius 2 is 2.36 bits per heavy atom. The first kappa shape index (κ1) is 10.5. The predicted octanol–water partition coefficient (Wildman–Crippen LogP) is 2.33. The summed E-state index contributed by atoms with van der Waals surface area (Å²) >= 11 is 0. The Bertz CT molecular complexity index is 350. The summed E-state index contributed by atoms with van der Waals surface area (Å²) in [6.45, 7) is 3.65. The van der Waals surface area contributed by atoms with Gasteiger partial charge in [-0.25, -0.2) is 0 Å². The van der Waals surface area contributed by atoms with E-state index in [1.165, 1.54) is 0 Å². The molecule has 2 heteroatoms. The molecule has 0 spiro atoms. The number of hydrogen-bond acceptors (Lipinski definition) is 2. The largest absolute Gasteiger partial charge is 0.324 e. The van der Waals surface area contributed by atoms with Gasteiger partial charge >= 0.3 is 0 Å². The zero-order valence-electron chi connectivity index (χ0n) is 8.11.